The number of aromatic nitrogens is 3. The third-order valence-electron chi connectivity index (χ3n) is 3.33. The minimum Gasteiger partial charge on any atom is -0.387 e. The van der Waals surface area contributed by atoms with Crippen molar-refractivity contribution in [1.29, 1.82) is 0 Å². The molecule has 1 amide bonds. The second-order valence-corrected chi connectivity index (χ2v) is 7.09. The lowest BCUT2D eigenvalue weighted by molar-refractivity contribution is -0.0469. The first kappa shape index (κ1) is 16.8. The molecule has 124 valence electrons. The summed E-state index contributed by atoms with van der Waals surface area (Å²) in [6.07, 6.45) is -2.60. The largest absolute Gasteiger partial charge is 0.387 e. The molecule has 2 heterocycles. The number of ether oxygens (including phenoxy) is 1. The summed E-state index contributed by atoms with van der Waals surface area (Å²) in [6.45, 7) is -0.148. The molecule has 0 spiro atoms. The van der Waals surface area contributed by atoms with Crippen molar-refractivity contribution in [3.8, 4) is 0 Å². The number of primary amides is 1. The fraction of sp³-hybridized carbons (Fsp3) is 0.700. The fourth-order valence-electron chi connectivity index (χ4n) is 2.00. The first-order valence-electron chi connectivity index (χ1n) is 6.25. The quantitative estimate of drug-likeness (QED) is 0.509. The molecule has 1 aromatic heterocycles. The van der Waals surface area contributed by atoms with Crippen LogP contribution in [0.2, 0.25) is 0 Å². The second-order valence-electron chi connectivity index (χ2n) is 5.00. The number of rotatable bonds is 5. The van der Waals surface area contributed by atoms with Crippen molar-refractivity contribution in [2.24, 2.45) is 5.73 Å². The predicted molar refractivity (Wildman–Crippen MR) is 71.9 cm³/mol. The molecule has 11 nitrogen and oxygen atoms in total. The number of hydrogen-bond acceptors (Lipinski definition) is 8. The Morgan fingerprint density at radius 1 is 1.50 bits per heavy atom. The lowest BCUT2D eigenvalue weighted by atomic mass is 10.1. The van der Waals surface area contributed by atoms with Gasteiger partial charge in [0.25, 0.3) is 5.91 Å². The first-order valence-corrected chi connectivity index (χ1v) is 8.10. The van der Waals surface area contributed by atoms with E-state index in [1.807, 2.05) is 0 Å². The third-order valence-corrected chi connectivity index (χ3v) is 4.61. The van der Waals surface area contributed by atoms with Crippen LogP contribution in [0.1, 0.15) is 16.8 Å². The van der Waals surface area contributed by atoms with E-state index in [1.54, 1.807) is 0 Å². The van der Waals surface area contributed by atoms with Gasteiger partial charge in [-0.1, -0.05) is 0 Å². The molecule has 0 saturated carbocycles. The van der Waals surface area contributed by atoms with E-state index in [4.69, 9.17) is 10.5 Å². The van der Waals surface area contributed by atoms with Gasteiger partial charge in [0.1, 0.15) is 24.6 Å². The van der Waals surface area contributed by atoms with E-state index in [2.05, 4.69) is 10.1 Å². The molecule has 22 heavy (non-hydrogen) atoms. The van der Waals surface area contributed by atoms with Gasteiger partial charge in [-0.15, -0.1) is 5.10 Å². The number of likely N-dealkylation sites (N-methyl/N-ethyl adjacent to an activating group) is 1. The molecule has 12 heteroatoms. The summed E-state index contributed by atoms with van der Waals surface area (Å²) >= 11 is 0. The molecule has 0 radical (unpaired) electrons. The Hall–Kier alpha value is -1.60. The molecule has 1 saturated heterocycles. The topological polar surface area (TPSA) is 161 Å². The Balaban J connectivity index is 2.14. The van der Waals surface area contributed by atoms with Crippen LogP contribution in [0.15, 0.2) is 6.33 Å². The van der Waals surface area contributed by atoms with Gasteiger partial charge in [-0.05, 0) is 0 Å². The van der Waals surface area contributed by atoms with Crippen molar-refractivity contribution in [3.63, 3.8) is 0 Å². The van der Waals surface area contributed by atoms with Gasteiger partial charge in [0, 0.05) is 13.6 Å². The Kier molecular flexibility index (Phi) is 4.49. The van der Waals surface area contributed by atoms with Crippen molar-refractivity contribution in [2.45, 2.75) is 24.5 Å². The maximum absolute atomic E-state index is 11.4. The van der Waals surface area contributed by atoms with E-state index in [0.29, 0.717) is 0 Å². The molecule has 0 aliphatic carbocycles. The molecule has 1 unspecified atom stereocenters. The summed E-state index contributed by atoms with van der Waals surface area (Å²) in [5.74, 6) is -1.11. The summed E-state index contributed by atoms with van der Waals surface area (Å²) in [5.41, 5.74) is 5.03. The number of sulfonamides is 1. The van der Waals surface area contributed by atoms with Crippen molar-refractivity contribution < 1.29 is 28.2 Å². The number of hydrogen-bond donors (Lipinski definition) is 3. The van der Waals surface area contributed by atoms with Crippen molar-refractivity contribution in [1.82, 2.24) is 19.1 Å². The minimum absolute atomic E-state index is 0.148. The SMILES string of the molecule is CN(C[C@H]1OC(n2cnc(C(N)=O)n2)[C@H](O)[C@@H]1O)S(C)(=O)=O. The molecule has 1 aliphatic rings. The van der Waals surface area contributed by atoms with Gasteiger partial charge < -0.3 is 20.7 Å². The molecule has 4 N–H and O–H groups in total. The van der Waals surface area contributed by atoms with E-state index in [1.165, 1.54) is 7.05 Å². The van der Waals surface area contributed by atoms with Crippen LogP contribution in [0.25, 0.3) is 0 Å². The van der Waals surface area contributed by atoms with Gasteiger partial charge in [0.2, 0.25) is 15.8 Å². The maximum atomic E-state index is 11.4. The van der Waals surface area contributed by atoms with Gasteiger partial charge >= 0.3 is 0 Å². The zero-order valence-electron chi connectivity index (χ0n) is 11.9. The highest BCUT2D eigenvalue weighted by molar-refractivity contribution is 7.88. The Morgan fingerprint density at radius 3 is 2.64 bits per heavy atom. The van der Waals surface area contributed by atoms with Gasteiger partial charge in [-0.25, -0.2) is 22.4 Å². The standard InChI is InChI=1S/C10H17N5O6S/c1-14(22(2,19)20)3-5-6(16)7(17)10(21-5)15-4-12-9(13-15)8(11)18/h4-7,10,16-17H,3H2,1-2H3,(H2,11,18)/t5-,6-,7-,10?/m1/s1. The van der Waals surface area contributed by atoms with Crippen LogP contribution in [0.3, 0.4) is 0 Å². The van der Waals surface area contributed by atoms with E-state index in [-0.39, 0.29) is 12.4 Å². The summed E-state index contributed by atoms with van der Waals surface area (Å²) < 4.78 is 30.2. The summed E-state index contributed by atoms with van der Waals surface area (Å²) in [4.78, 5) is 14.6. The molecule has 4 atom stereocenters. The molecule has 1 fully saturated rings. The number of aliphatic hydroxyl groups excluding tert-OH is 2. The zero-order chi connectivity index (χ0) is 16.7. The average Bonchev–Trinajstić information content (AvgIpc) is 2.98. The summed E-state index contributed by atoms with van der Waals surface area (Å²) in [6, 6.07) is 0. The predicted octanol–water partition coefficient (Wildman–Crippen LogP) is -3.11. The highest BCUT2D eigenvalue weighted by Gasteiger charge is 2.45. The molecular weight excluding hydrogens is 318 g/mol. The van der Waals surface area contributed by atoms with Gasteiger partial charge in [0.15, 0.2) is 6.23 Å². The molecular formula is C10H17N5O6S. The fourth-order valence-corrected chi connectivity index (χ4v) is 2.42. The average molecular weight is 335 g/mol. The van der Waals surface area contributed by atoms with Crippen molar-refractivity contribution in [3.05, 3.63) is 12.2 Å². The Morgan fingerprint density at radius 2 is 2.14 bits per heavy atom. The van der Waals surface area contributed by atoms with E-state index < -0.39 is 40.5 Å². The maximum Gasteiger partial charge on any atom is 0.288 e. The van der Waals surface area contributed by atoms with E-state index in [9.17, 15) is 23.4 Å². The van der Waals surface area contributed by atoms with E-state index >= 15 is 0 Å². The Bertz CT molecular complexity index is 661. The van der Waals surface area contributed by atoms with Crippen molar-refractivity contribution in [2.75, 3.05) is 19.8 Å². The van der Waals surface area contributed by atoms with Crippen LogP contribution >= 0.6 is 0 Å². The summed E-state index contributed by atoms with van der Waals surface area (Å²) in [5, 5.41) is 23.7. The minimum atomic E-state index is -3.46. The number of carbonyl (C=O) groups is 1. The molecule has 0 bridgehead atoms. The lowest BCUT2D eigenvalue weighted by Gasteiger charge is -2.20. The third kappa shape index (κ3) is 3.25. The summed E-state index contributed by atoms with van der Waals surface area (Å²) in [7, 11) is -2.13. The monoisotopic (exact) mass is 335 g/mol. The number of amides is 1. The van der Waals surface area contributed by atoms with Crippen LogP contribution in [-0.2, 0) is 14.8 Å². The zero-order valence-corrected chi connectivity index (χ0v) is 12.7. The lowest BCUT2D eigenvalue weighted by Crippen LogP contribution is -2.40. The first-order chi connectivity index (χ1) is 10.1. The smallest absolute Gasteiger partial charge is 0.288 e. The second kappa shape index (κ2) is 5.89. The normalized spacial score (nSPS) is 29.1. The highest BCUT2D eigenvalue weighted by atomic mass is 32.2. The van der Waals surface area contributed by atoms with Crippen molar-refractivity contribution >= 4 is 15.9 Å². The number of aliphatic hydroxyl groups is 2. The van der Waals surface area contributed by atoms with Crippen LogP contribution in [0, 0.1) is 0 Å². The van der Waals surface area contributed by atoms with Gasteiger partial charge in [0.05, 0.1) is 6.26 Å². The Labute approximate surface area is 126 Å². The highest BCUT2D eigenvalue weighted by Crippen LogP contribution is 2.29. The van der Waals surface area contributed by atoms with Crippen LogP contribution in [0.5, 0.6) is 0 Å². The van der Waals surface area contributed by atoms with Gasteiger partial charge in [-0.3, -0.25) is 4.79 Å². The van der Waals surface area contributed by atoms with Gasteiger partial charge in [-0.2, -0.15) is 0 Å². The van der Waals surface area contributed by atoms with Crippen LogP contribution in [-0.4, -0.2) is 81.8 Å². The molecule has 1 aliphatic heterocycles. The number of nitrogens with zero attached hydrogens (tertiary/aromatic N) is 4. The van der Waals surface area contributed by atoms with Crippen LogP contribution < -0.4 is 5.73 Å². The molecule has 1 aromatic rings. The van der Waals surface area contributed by atoms with E-state index in [0.717, 1.165) is 21.6 Å². The molecule has 2 rings (SSSR count). The number of carbonyl (C=O) groups excluding carboxylic acids is 1. The number of nitrogens with two attached hydrogens (primary N) is 1. The molecule has 0 aromatic carbocycles. The van der Waals surface area contributed by atoms with Crippen LogP contribution in [0.4, 0.5) is 0 Å².